The van der Waals surface area contributed by atoms with Crippen LogP contribution in [0.25, 0.3) is 10.9 Å². The third-order valence-electron chi connectivity index (χ3n) is 6.24. The molecule has 1 amide bonds. The van der Waals surface area contributed by atoms with Gasteiger partial charge in [-0.05, 0) is 41.0 Å². The highest BCUT2D eigenvalue weighted by molar-refractivity contribution is 5.86. The molecule has 0 unspecified atom stereocenters. The molecule has 1 aliphatic heterocycles. The topological polar surface area (TPSA) is 52.5 Å². The van der Waals surface area contributed by atoms with E-state index in [0.717, 1.165) is 34.2 Å². The third-order valence-corrected chi connectivity index (χ3v) is 6.24. The molecule has 1 atom stereocenters. The van der Waals surface area contributed by atoms with Gasteiger partial charge in [-0.15, -0.1) is 0 Å². The minimum Gasteiger partial charge on any atom is -0.454 e. The van der Waals surface area contributed by atoms with Gasteiger partial charge in [-0.3, -0.25) is 4.79 Å². The summed E-state index contributed by atoms with van der Waals surface area (Å²) in [5.41, 5.74) is 2.29. The normalized spacial score (nSPS) is 13.7. The molecule has 0 fully saturated rings. The third kappa shape index (κ3) is 4.69. The van der Waals surface area contributed by atoms with Gasteiger partial charge < -0.3 is 19.4 Å². The molecule has 180 valence electrons. The highest BCUT2D eigenvalue weighted by Gasteiger charge is 2.32. The first-order valence-electron chi connectivity index (χ1n) is 11.2. The molecule has 0 radical (unpaired) electrons. The second-order valence-electron chi connectivity index (χ2n) is 8.56. The number of alkyl halides is 3. The highest BCUT2D eigenvalue weighted by Crippen LogP contribution is 2.37. The van der Waals surface area contributed by atoms with Crippen LogP contribution in [-0.4, -0.2) is 17.3 Å². The molecule has 0 aliphatic carbocycles. The number of hydrogen-bond donors (Lipinski definition) is 1. The summed E-state index contributed by atoms with van der Waals surface area (Å²) in [6.45, 7) is 0.426. The van der Waals surface area contributed by atoms with Crippen LogP contribution in [0.2, 0.25) is 0 Å². The van der Waals surface area contributed by atoms with Gasteiger partial charge in [-0.2, -0.15) is 13.2 Å². The molecule has 3 aromatic carbocycles. The van der Waals surface area contributed by atoms with E-state index in [-0.39, 0.29) is 25.7 Å². The molecule has 1 aromatic heterocycles. The van der Waals surface area contributed by atoms with Crippen LogP contribution >= 0.6 is 0 Å². The molecule has 5 rings (SSSR count). The average molecular weight is 480 g/mol. The number of fused-ring (bicyclic) bond motifs is 2. The summed E-state index contributed by atoms with van der Waals surface area (Å²) < 4.78 is 53.0. The van der Waals surface area contributed by atoms with Crippen molar-refractivity contribution in [2.75, 3.05) is 6.79 Å². The zero-order valence-electron chi connectivity index (χ0n) is 18.9. The predicted molar refractivity (Wildman–Crippen MR) is 125 cm³/mol. The van der Waals surface area contributed by atoms with Gasteiger partial charge in [0.05, 0.1) is 5.56 Å². The van der Waals surface area contributed by atoms with E-state index in [0.29, 0.717) is 17.1 Å². The maximum atomic E-state index is 13.5. The molecule has 1 aliphatic rings. The number of ether oxygens (including phenoxy) is 2. The molecule has 0 bridgehead atoms. The number of carbonyl (C=O) groups excluding carboxylic acids is 1. The molecular formula is C27H23F3N2O3. The standard InChI is InChI=1S/C27H23F3N2O3/c1-32-15-22(20-7-2-3-8-23(20)32)21(18-5-4-6-19(12-18)27(28,29)30)13-26(33)31-14-17-9-10-24-25(11-17)35-16-34-24/h2-12,15,21H,13-14,16H2,1H3,(H,31,33)/t21-/m1/s1. The number of nitrogens with one attached hydrogen (secondary N) is 1. The molecule has 35 heavy (non-hydrogen) atoms. The van der Waals surface area contributed by atoms with E-state index in [9.17, 15) is 18.0 Å². The number of halogens is 3. The molecule has 2 heterocycles. The fourth-order valence-corrected chi connectivity index (χ4v) is 4.50. The second-order valence-corrected chi connectivity index (χ2v) is 8.56. The number of hydrogen-bond acceptors (Lipinski definition) is 3. The molecule has 0 saturated carbocycles. The van der Waals surface area contributed by atoms with E-state index in [1.54, 1.807) is 18.2 Å². The Labute approximate surface area is 200 Å². The lowest BCUT2D eigenvalue weighted by molar-refractivity contribution is -0.137. The number of carbonyl (C=O) groups is 1. The van der Waals surface area contributed by atoms with E-state index >= 15 is 0 Å². The highest BCUT2D eigenvalue weighted by atomic mass is 19.4. The maximum absolute atomic E-state index is 13.5. The Morgan fingerprint density at radius 1 is 1.03 bits per heavy atom. The molecule has 4 aromatic rings. The first kappa shape index (κ1) is 22.8. The molecule has 0 spiro atoms. The summed E-state index contributed by atoms with van der Waals surface area (Å²) >= 11 is 0. The minimum atomic E-state index is -4.47. The van der Waals surface area contributed by atoms with Crippen LogP contribution < -0.4 is 14.8 Å². The Bertz CT molecular complexity index is 1390. The van der Waals surface area contributed by atoms with Crippen molar-refractivity contribution in [3.63, 3.8) is 0 Å². The van der Waals surface area contributed by atoms with Gasteiger partial charge >= 0.3 is 6.18 Å². The quantitative estimate of drug-likeness (QED) is 0.382. The number of nitrogens with zero attached hydrogens (tertiary/aromatic N) is 1. The van der Waals surface area contributed by atoms with Crippen molar-refractivity contribution in [1.82, 2.24) is 9.88 Å². The van der Waals surface area contributed by atoms with Crippen LogP contribution in [-0.2, 0) is 24.6 Å². The van der Waals surface area contributed by atoms with E-state index in [1.807, 2.05) is 48.1 Å². The summed E-state index contributed by atoms with van der Waals surface area (Å²) in [5.74, 6) is 0.452. The van der Waals surface area contributed by atoms with Crippen molar-refractivity contribution < 1.29 is 27.4 Å². The Morgan fingerprint density at radius 2 is 1.83 bits per heavy atom. The predicted octanol–water partition coefficient (Wildman–Crippen LogP) is 5.76. The van der Waals surface area contributed by atoms with Crippen LogP contribution in [0.1, 0.15) is 34.6 Å². The van der Waals surface area contributed by atoms with Gasteiger partial charge in [0.25, 0.3) is 0 Å². The maximum Gasteiger partial charge on any atom is 0.416 e. The Hall–Kier alpha value is -3.94. The lowest BCUT2D eigenvalue weighted by Gasteiger charge is -2.19. The zero-order chi connectivity index (χ0) is 24.6. The fourth-order valence-electron chi connectivity index (χ4n) is 4.50. The van der Waals surface area contributed by atoms with Gasteiger partial charge in [0, 0.05) is 43.0 Å². The largest absolute Gasteiger partial charge is 0.454 e. The van der Waals surface area contributed by atoms with E-state index in [1.165, 1.54) is 6.07 Å². The molecule has 0 saturated heterocycles. The lowest BCUT2D eigenvalue weighted by Crippen LogP contribution is -2.25. The van der Waals surface area contributed by atoms with Gasteiger partial charge in [-0.1, -0.05) is 42.5 Å². The smallest absolute Gasteiger partial charge is 0.416 e. The summed E-state index contributed by atoms with van der Waals surface area (Å²) in [4.78, 5) is 13.0. The zero-order valence-corrected chi connectivity index (χ0v) is 18.9. The van der Waals surface area contributed by atoms with Gasteiger partial charge in [0.1, 0.15) is 0 Å². The molecular weight excluding hydrogens is 457 g/mol. The summed E-state index contributed by atoms with van der Waals surface area (Å²) in [5, 5.41) is 3.80. The summed E-state index contributed by atoms with van der Waals surface area (Å²) in [7, 11) is 1.88. The summed E-state index contributed by atoms with van der Waals surface area (Å²) in [6.07, 6.45) is -2.58. The van der Waals surface area contributed by atoms with E-state index < -0.39 is 17.7 Å². The second kappa shape index (κ2) is 9.02. The van der Waals surface area contributed by atoms with Crippen LogP contribution in [0, 0.1) is 0 Å². The van der Waals surface area contributed by atoms with Crippen molar-refractivity contribution in [3.05, 3.63) is 95.2 Å². The Balaban J connectivity index is 1.44. The molecule has 1 N–H and O–H groups in total. The van der Waals surface area contributed by atoms with Crippen molar-refractivity contribution in [1.29, 1.82) is 0 Å². The van der Waals surface area contributed by atoms with Crippen LogP contribution in [0.3, 0.4) is 0 Å². The number of amides is 1. The lowest BCUT2D eigenvalue weighted by atomic mass is 9.87. The van der Waals surface area contributed by atoms with Crippen LogP contribution in [0.15, 0.2) is 72.9 Å². The number of aromatic nitrogens is 1. The molecule has 5 nitrogen and oxygen atoms in total. The Morgan fingerprint density at radius 3 is 2.66 bits per heavy atom. The fraction of sp³-hybridized carbons (Fsp3) is 0.222. The monoisotopic (exact) mass is 480 g/mol. The number of rotatable bonds is 6. The van der Waals surface area contributed by atoms with Crippen molar-refractivity contribution >= 4 is 16.8 Å². The number of benzene rings is 3. The van der Waals surface area contributed by atoms with Gasteiger partial charge in [0.15, 0.2) is 11.5 Å². The average Bonchev–Trinajstić information content (AvgIpc) is 3.45. The van der Waals surface area contributed by atoms with Crippen LogP contribution in [0.5, 0.6) is 11.5 Å². The van der Waals surface area contributed by atoms with Gasteiger partial charge in [0.2, 0.25) is 12.7 Å². The number of aryl methyl sites for hydroxylation is 1. The molecule has 8 heteroatoms. The van der Waals surface area contributed by atoms with E-state index in [4.69, 9.17) is 9.47 Å². The number of para-hydroxylation sites is 1. The van der Waals surface area contributed by atoms with Crippen molar-refractivity contribution in [3.8, 4) is 11.5 Å². The van der Waals surface area contributed by atoms with Gasteiger partial charge in [-0.25, -0.2) is 0 Å². The van der Waals surface area contributed by atoms with E-state index in [2.05, 4.69) is 5.32 Å². The first-order chi connectivity index (χ1) is 16.8. The summed E-state index contributed by atoms with van der Waals surface area (Å²) in [6, 6.07) is 18.3. The first-order valence-corrected chi connectivity index (χ1v) is 11.2. The minimum absolute atomic E-state index is 0.000129. The van der Waals surface area contributed by atoms with Crippen molar-refractivity contribution in [2.45, 2.75) is 25.1 Å². The van der Waals surface area contributed by atoms with Crippen molar-refractivity contribution in [2.24, 2.45) is 7.05 Å². The van der Waals surface area contributed by atoms with Crippen LogP contribution in [0.4, 0.5) is 13.2 Å². The Kier molecular flexibility index (Phi) is 5.88. The SMILES string of the molecule is Cn1cc([C@H](CC(=O)NCc2ccc3c(c2)OCO3)c2cccc(C(F)(F)F)c2)c2ccccc21.